The average molecular weight is 278 g/mol. The highest BCUT2D eigenvalue weighted by atomic mass is 32.2. The largest absolute Gasteiger partial charge is 0.465 e. The van der Waals surface area contributed by atoms with Crippen LogP contribution in [0.5, 0.6) is 0 Å². The number of esters is 1. The van der Waals surface area contributed by atoms with Gasteiger partial charge in [0.1, 0.15) is 6.54 Å². The number of hydrogen-bond acceptors (Lipinski definition) is 5. The van der Waals surface area contributed by atoms with Crippen molar-refractivity contribution < 1.29 is 14.3 Å². The summed E-state index contributed by atoms with van der Waals surface area (Å²) in [6.07, 6.45) is 0. The molecule has 0 saturated carbocycles. The highest BCUT2D eigenvalue weighted by molar-refractivity contribution is 7.99. The van der Waals surface area contributed by atoms with Crippen molar-refractivity contribution in [3.05, 3.63) is 29.8 Å². The minimum atomic E-state index is -0.474. The first-order chi connectivity index (χ1) is 9.19. The number of amides is 1. The molecule has 0 bridgehead atoms. The van der Waals surface area contributed by atoms with Gasteiger partial charge in [0.15, 0.2) is 0 Å². The van der Waals surface area contributed by atoms with Crippen LogP contribution >= 0.6 is 11.8 Å². The van der Waals surface area contributed by atoms with Crippen molar-refractivity contribution in [3.63, 3.8) is 0 Å². The molecule has 5 nitrogen and oxygen atoms in total. The van der Waals surface area contributed by atoms with Crippen LogP contribution in [0.15, 0.2) is 29.2 Å². The number of carbonyl (C=O) groups is 2. The first-order valence-corrected chi connectivity index (χ1v) is 6.70. The van der Waals surface area contributed by atoms with Crippen molar-refractivity contribution in [1.29, 1.82) is 5.26 Å². The summed E-state index contributed by atoms with van der Waals surface area (Å²) in [5.41, 5.74) is 0.451. The van der Waals surface area contributed by atoms with E-state index in [1.807, 2.05) is 6.07 Å². The monoisotopic (exact) mass is 278 g/mol. The number of benzene rings is 1. The molecule has 0 radical (unpaired) electrons. The van der Waals surface area contributed by atoms with Crippen LogP contribution in [0.4, 0.5) is 0 Å². The number of nitrogens with one attached hydrogen (secondary N) is 1. The highest BCUT2D eigenvalue weighted by Crippen LogP contribution is 2.21. The van der Waals surface area contributed by atoms with E-state index >= 15 is 0 Å². The molecule has 0 aliphatic rings. The fourth-order valence-electron chi connectivity index (χ4n) is 1.35. The van der Waals surface area contributed by atoms with Gasteiger partial charge >= 0.3 is 5.97 Å². The Kier molecular flexibility index (Phi) is 6.47. The van der Waals surface area contributed by atoms with E-state index < -0.39 is 5.97 Å². The van der Waals surface area contributed by atoms with Gasteiger partial charge in [0.25, 0.3) is 5.91 Å². The second-order valence-electron chi connectivity index (χ2n) is 3.43. The van der Waals surface area contributed by atoms with Crippen molar-refractivity contribution in [2.24, 2.45) is 0 Å². The summed E-state index contributed by atoms with van der Waals surface area (Å²) < 4.78 is 4.72. The number of thioether (sulfide) groups is 1. The number of hydrogen-bond donors (Lipinski definition) is 1. The zero-order valence-electron chi connectivity index (χ0n) is 10.5. The van der Waals surface area contributed by atoms with Crippen LogP contribution in [0.3, 0.4) is 0 Å². The maximum absolute atomic E-state index is 11.9. The molecule has 6 heteroatoms. The first kappa shape index (κ1) is 15.1. The minimum absolute atomic E-state index is 0.163. The van der Waals surface area contributed by atoms with E-state index in [4.69, 9.17) is 10.00 Å². The van der Waals surface area contributed by atoms with E-state index in [1.54, 1.807) is 31.2 Å². The maximum atomic E-state index is 11.9. The van der Waals surface area contributed by atoms with Crippen LogP contribution in [0.25, 0.3) is 0 Å². The predicted molar refractivity (Wildman–Crippen MR) is 71.7 cm³/mol. The third-order valence-corrected chi connectivity index (χ3v) is 3.06. The molecule has 0 aliphatic heterocycles. The van der Waals surface area contributed by atoms with Crippen LogP contribution in [-0.4, -0.2) is 30.8 Å². The summed E-state index contributed by atoms with van der Waals surface area (Å²) >= 11 is 1.28. The SMILES string of the molecule is CCOC(=O)CNC(=O)c1ccccc1SCC#N. The summed E-state index contributed by atoms with van der Waals surface area (Å²) in [5.74, 6) is -0.561. The van der Waals surface area contributed by atoms with Crippen molar-refractivity contribution >= 4 is 23.6 Å². The Morgan fingerprint density at radius 2 is 2.16 bits per heavy atom. The predicted octanol–water partition coefficient (Wildman–Crippen LogP) is 1.60. The fourth-order valence-corrected chi connectivity index (χ4v) is 2.06. The summed E-state index contributed by atoms with van der Waals surface area (Å²) in [4.78, 5) is 23.8. The van der Waals surface area contributed by atoms with Gasteiger partial charge in [-0.3, -0.25) is 9.59 Å². The lowest BCUT2D eigenvalue weighted by Crippen LogP contribution is -2.30. The van der Waals surface area contributed by atoms with Crippen LogP contribution in [0.2, 0.25) is 0 Å². The van der Waals surface area contributed by atoms with Crippen LogP contribution in [0, 0.1) is 11.3 Å². The van der Waals surface area contributed by atoms with Gasteiger partial charge in [-0.05, 0) is 19.1 Å². The Hall–Kier alpha value is -2.00. The molecule has 1 aromatic carbocycles. The molecule has 0 aromatic heterocycles. The lowest BCUT2D eigenvalue weighted by Gasteiger charge is -2.08. The van der Waals surface area contributed by atoms with Gasteiger partial charge in [-0.1, -0.05) is 12.1 Å². The molecule has 0 atom stereocenters. The van der Waals surface area contributed by atoms with Crippen LogP contribution in [-0.2, 0) is 9.53 Å². The van der Waals surface area contributed by atoms with Gasteiger partial charge < -0.3 is 10.1 Å². The van der Waals surface area contributed by atoms with E-state index in [0.717, 1.165) is 0 Å². The highest BCUT2D eigenvalue weighted by Gasteiger charge is 2.12. The van der Waals surface area contributed by atoms with Gasteiger partial charge in [0, 0.05) is 4.90 Å². The van der Waals surface area contributed by atoms with E-state index in [1.165, 1.54) is 11.8 Å². The first-order valence-electron chi connectivity index (χ1n) is 5.71. The number of ether oxygens (including phenoxy) is 1. The lowest BCUT2D eigenvalue weighted by atomic mass is 10.2. The number of rotatable bonds is 6. The molecule has 1 rings (SSSR count). The molecule has 1 N–H and O–H groups in total. The Labute approximate surface area is 115 Å². The van der Waals surface area contributed by atoms with Crippen molar-refractivity contribution in [3.8, 4) is 6.07 Å². The summed E-state index contributed by atoms with van der Waals surface area (Å²) in [6, 6.07) is 8.95. The Morgan fingerprint density at radius 1 is 1.42 bits per heavy atom. The standard InChI is InChI=1S/C13H14N2O3S/c1-2-18-12(16)9-15-13(17)10-5-3-4-6-11(10)19-8-7-14/h3-6H,2,8-9H2,1H3,(H,15,17). The fraction of sp³-hybridized carbons (Fsp3) is 0.308. The Morgan fingerprint density at radius 3 is 2.84 bits per heavy atom. The van der Waals surface area contributed by atoms with E-state index in [2.05, 4.69) is 5.32 Å². The zero-order valence-corrected chi connectivity index (χ0v) is 11.3. The van der Waals surface area contributed by atoms with Crippen molar-refractivity contribution in [2.45, 2.75) is 11.8 Å². The van der Waals surface area contributed by atoms with Gasteiger partial charge in [0.2, 0.25) is 0 Å². The van der Waals surface area contributed by atoms with E-state index in [0.29, 0.717) is 10.5 Å². The molecule has 0 unspecified atom stereocenters. The molecule has 1 amide bonds. The second-order valence-corrected chi connectivity index (χ2v) is 4.45. The molecule has 19 heavy (non-hydrogen) atoms. The number of nitriles is 1. The minimum Gasteiger partial charge on any atom is -0.465 e. The van der Waals surface area contributed by atoms with Gasteiger partial charge in [0.05, 0.1) is 24.0 Å². The molecule has 0 heterocycles. The molecule has 0 aliphatic carbocycles. The summed E-state index contributed by atoms with van der Waals surface area (Å²) in [6.45, 7) is 1.82. The molecule has 1 aromatic rings. The summed E-state index contributed by atoms with van der Waals surface area (Å²) in [7, 11) is 0. The second kappa shape index (κ2) is 8.16. The van der Waals surface area contributed by atoms with E-state index in [-0.39, 0.29) is 24.8 Å². The topological polar surface area (TPSA) is 79.2 Å². The quantitative estimate of drug-likeness (QED) is 0.631. The molecule has 0 saturated heterocycles. The summed E-state index contributed by atoms with van der Waals surface area (Å²) in [5, 5.41) is 11.1. The number of nitrogens with zero attached hydrogens (tertiary/aromatic N) is 1. The molecule has 100 valence electrons. The third-order valence-electron chi connectivity index (χ3n) is 2.12. The third kappa shape index (κ3) is 5.02. The van der Waals surface area contributed by atoms with Crippen LogP contribution in [0.1, 0.15) is 17.3 Å². The van der Waals surface area contributed by atoms with Crippen LogP contribution < -0.4 is 5.32 Å². The van der Waals surface area contributed by atoms with Crippen molar-refractivity contribution in [2.75, 3.05) is 18.9 Å². The van der Waals surface area contributed by atoms with Gasteiger partial charge in [-0.25, -0.2) is 0 Å². The van der Waals surface area contributed by atoms with Gasteiger partial charge in [-0.15, -0.1) is 11.8 Å². The maximum Gasteiger partial charge on any atom is 0.325 e. The molecule has 0 fully saturated rings. The zero-order chi connectivity index (χ0) is 14.1. The number of carbonyl (C=O) groups excluding carboxylic acids is 2. The molecule has 0 spiro atoms. The Bertz CT molecular complexity index is 497. The molecular formula is C13H14N2O3S. The Balaban J connectivity index is 2.66. The molecular weight excluding hydrogens is 264 g/mol. The smallest absolute Gasteiger partial charge is 0.325 e. The van der Waals surface area contributed by atoms with Gasteiger partial charge in [-0.2, -0.15) is 5.26 Å². The normalized spacial score (nSPS) is 9.47. The van der Waals surface area contributed by atoms with Crippen molar-refractivity contribution in [1.82, 2.24) is 5.32 Å². The lowest BCUT2D eigenvalue weighted by molar-refractivity contribution is -0.141. The van der Waals surface area contributed by atoms with E-state index in [9.17, 15) is 9.59 Å². The average Bonchev–Trinajstić information content (AvgIpc) is 2.43.